The first-order valence-electron chi connectivity index (χ1n) is 11.5. The normalized spacial score (nSPS) is 20.3. The Hall–Kier alpha value is -2.32. The van der Waals surface area contributed by atoms with Crippen molar-refractivity contribution >= 4 is 20.1 Å². The van der Waals surface area contributed by atoms with E-state index < -0.39 is 8.32 Å². The first-order valence-corrected chi connectivity index (χ1v) is 14.4. The lowest BCUT2D eigenvalue weighted by Crippen LogP contribution is -2.50. The molecule has 33 heavy (non-hydrogen) atoms. The molecule has 0 radical (unpaired) electrons. The van der Waals surface area contributed by atoms with E-state index in [-0.39, 0.29) is 27.9 Å². The fourth-order valence-corrected chi connectivity index (χ4v) is 4.68. The Morgan fingerprint density at radius 1 is 1.12 bits per heavy atom. The second-order valence-corrected chi connectivity index (χ2v) is 15.0. The van der Waals surface area contributed by atoms with Crippen LogP contribution in [0.3, 0.4) is 0 Å². The van der Waals surface area contributed by atoms with E-state index in [0.717, 1.165) is 19.6 Å². The molecule has 178 valence electrons. The Balaban J connectivity index is 1.75. The maximum Gasteiger partial charge on any atom is 0.276 e. The lowest BCUT2D eigenvalue weighted by Gasteiger charge is -2.41. The van der Waals surface area contributed by atoms with Gasteiger partial charge in [0.25, 0.3) is 5.69 Å². The maximum atomic E-state index is 11.4. The average Bonchev–Trinajstić information content (AvgIpc) is 2.76. The Morgan fingerprint density at radius 2 is 1.79 bits per heavy atom. The van der Waals surface area contributed by atoms with Gasteiger partial charge in [-0.1, -0.05) is 69.3 Å². The van der Waals surface area contributed by atoms with Gasteiger partial charge in [-0.05, 0) is 35.8 Å². The molecule has 0 amide bonds. The van der Waals surface area contributed by atoms with Crippen molar-refractivity contribution in [2.45, 2.75) is 57.7 Å². The van der Waals surface area contributed by atoms with Crippen LogP contribution in [-0.4, -0.2) is 50.0 Å². The highest BCUT2D eigenvalue weighted by Crippen LogP contribution is 2.36. The van der Waals surface area contributed by atoms with Gasteiger partial charge in [0.05, 0.1) is 29.3 Å². The van der Waals surface area contributed by atoms with Crippen molar-refractivity contribution in [1.82, 2.24) is 4.90 Å². The summed E-state index contributed by atoms with van der Waals surface area (Å²) in [5, 5.41) is 11.5. The zero-order chi connectivity index (χ0) is 24.1. The van der Waals surface area contributed by atoms with Crippen LogP contribution in [0.15, 0.2) is 60.7 Å². The molecular weight excluding hydrogens is 432 g/mol. The molecule has 6 nitrogen and oxygen atoms in total. The summed E-state index contributed by atoms with van der Waals surface area (Å²) in [5.74, 6) is 0. The number of nitro benzene ring substituents is 1. The molecule has 0 bridgehead atoms. The molecule has 1 aliphatic rings. The van der Waals surface area contributed by atoms with E-state index in [1.54, 1.807) is 18.2 Å². The first kappa shape index (κ1) is 25.3. The van der Waals surface area contributed by atoms with E-state index in [4.69, 9.17) is 9.16 Å². The molecule has 1 fully saturated rings. The fraction of sp³-hybridized carbons (Fsp3) is 0.462. The van der Waals surface area contributed by atoms with E-state index >= 15 is 0 Å². The van der Waals surface area contributed by atoms with Gasteiger partial charge in [-0.25, -0.2) is 0 Å². The molecule has 1 aliphatic heterocycles. The third-order valence-corrected chi connectivity index (χ3v) is 11.1. The monoisotopic (exact) mass is 468 g/mol. The van der Waals surface area contributed by atoms with E-state index in [1.165, 1.54) is 11.6 Å². The third kappa shape index (κ3) is 7.08. The summed E-state index contributed by atoms with van der Waals surface area (Å²) in [6, 6.07) is 17.2. The summed E-state index contributed by atoms with van der Waals surface area (Å²) in [6.07, 6.45) is 3.52. The van der Waals surface area contributed by atoms with Crippen LogP contribution in [0.2, 0.25) is 18.1 Å². The zero-order valence-electron chi connectivity index (χ0n) is 20.4. The number of rotatable bonds is 8. The van der Waals surface area contributed by atoms with E-state index in [2.05, 4.69) is 63.0 Å². The molecule has 2 atom stereocenters. The van der Waals surface area contributed by atoms with Crippen molar-refractivity contribution in [2.24, 2.45) is 0 Å². The number of nitrogens with zero attached hydrogens (tertiary/aromatic N) is 2. The lowest BCUT2D eigenvalue weighted by molar-refractivity contribution is -0.385. The highest BCUT2D eigenvalue weighted by Gasteiger charge is 2.38. The van der Waals surface area contributed by atoms with Gasteiger partial charge in [0.2, 0.25) is 0 Å². The van der Waals surface area contributed by atoms with Gasteiger partial charge in [-0.3, -0.25) is 15.0 Å². The standard InChI is InChI=1S/C26H36N2O4Si/c1-26(2,3)33(4,5)31-20-24-19-27(17-21-11-7-6-8-12-21)18-23(32-24)16-15-22-13-9-10-14-25(22)28(29)30/h6-16,23-24H,17-20H2,1-5H3/b16-15+/t23-,24+/m1/s1. The summed E-state index contributed by atoms with van der Waals surface area (Å²) in [7, 11) is -1.89. The van der Waals surface area contributed by atoms with Crippen molar-refractivity contribution in [1.29, 1.82) is 0 Å². The highest BCUT2D eigenvalue weighted by atomic mass is 28.4. The quantitative estimate of drug-likeness (QED) is 0.274. The van der Waals surface area contributed by atoms with Crippen LogP contribution in [0.25, 0.3) is 6.08 Å². The summed E-state index contributed by atoms with van der Waals surface area (Å²) in [5.41, 5.74) is 1.94. The molecule has 0 aromatic heterocycles. The SMILES string of the molecule is CC(C)(C)[Si](C)(C)OC[C@@H]1CN(Cc2ccccc2)C[C@@H](/C=C/c2ccccc2[N+](=O)[O-])O1. The van der Waals surface area contributed by atoms with Crippen molar-refractivity contribution in [3.8, 4) is 0 Å². The number of benzene rings is 2. The Kier molecular flexibility index (Phi) is 8.23. The summed E-state index contributed by atoms with van der Waals surface area (Å²) in [6.45, 7) is 14.1. The van der Waals surface area contributed by atoms with Gasteiger partial charge in [0.15, 0.2) is 8.32 Å². The van der Waals surface area contributed by atoms with E-state index in [1.807, 2.05) is 18.2 Å². The minimum absolute atomic E-state index is 0.0583. The number of hydrogen-bond donors (Lipinski definition) is 0. The fourth-order valence-electron chi connectivity index (χ4n) is 3.64. The molecule has 7 heteroatoms. The topological polar surface area (TPSA) is 64.8 Å². The summed E-state index contributed by atoms with van der Waals surface area (Å²) in [4.78, 5) is 13.4. The number of morpholine rings is 1. The number of ether oxygens (including phenoxy) is 1. The predicted molar refractivity (Wildman–Crippen MR) is 136 cm³/mol. The van der Waals surface area contributed by atoms with Crippen molar-refractivity contribution in [3.63, 3.8) is 0 Å². The number of hydrogen-bond acceptors (Lipinski definition) is 5. The summed E-state index contributed by atoms with van der Waals surface area (Å²) < 4.78 is 12.9. The maximum absolute atomic E-state index is 11.4. The molecule has 1 saturated heterocycles. The molecule has 3 rings (SSSR count). The zero-order valence-corrected chi connectivity index (χ0v) is 21.4. The van der Waals surface area contributed by atoms with Crippen molar-refractivity contribution < 1.29 is 14.1 Å². The Morgan fingerprint density at radius 3 is 2.45 bits per heavy atom. The molecule has 2 aromatic carbocycles. The Bertz CT molecular complexity index is 956. The van der Waals surface area contributed by atoms with Gasteiger partial charge in [-0.2, -0.15) is 0 Å². The number of para-hydroxylation sites is 1. The largest absolute Gasteiger partial charge is 0.414 e. The number of nitro groups is 1. The van der Waals surface area contributed by atoms with Crippen molar-refractivity contribution in [3.05, 3.63) is 81.9 Å². The second-order valence-electron chi connectivity index (χ2n) is 10.2. The van der Waals surface area contributed by atoms with Crippen LogP contribution in [0.5, 0.6) is 0 Å². The Labute approximate surface area is 198 Å². The molecule has 0 unspecified atom stereocenters. The van der Waals surface area contributed by atoms with Gasteiger partial charge < -0.3 is 9.16 Å². The molecule has 1 heterocycles. The van der Waals surface area contributed by atoms with Gasteiger partial charge in [0.1, 0.15) is 0 Å². The average molecular weight is 469 g/mol. The summed E-state index contributed by atoms with van der Waals surface area (Å²) >= 11 is 0. The van der Waals surface area contributed by atoms with Crippen molar-refractivity contribution in [2.75, 3.05) is 19.7 Å². The van der Waals surface area contributed by atoms with Gasteiger partial charge in [0, 0.05) is 25.7 Å². The van der Waals surface area contributed by atoms with Crippen LogP contribution >= 0.6 is 0 Å². The minimum Gasteiger partial charge on any atom is -0.414 e. The highest BCUT2D eigenvalue weighted by molar-refractivity contribution is 6.74. The molecular formula is C26H36N2O4Si. The van der Waals surface area contributed by atoms with Gasteiger partial charge in [-0.15, -0.1) is 0 Å². The van der Waals surface area contributed by atoms with Crippen LogP contribution in [-0.2, 0) is 15.7 Å². The third-order valence-electron chi connectivity index (χ3n) is 6.58. The smallest absolute Gasteiger partial charge is 0.276 e. The van der Waals surface area contributed by atoms with Crippen LogP contribution < -0.4 is 0 Å². The van der Waals surface area contributed by atoms with E-state index in [9.17, 15) is 10.1 Å². The van der Waals surface area contributed by atoms with Crippen LogP contribution in [0, 0.1) is 10.1 Å². The molecule has 0 saturated carbocycles. The molecule has 0 aliphatic carbocycles. The minimum atomic E-state index is -1.89. The predicted octanol–water partition coefficient (Wildman–Crippen LogP) is 5.90. The molecule has 2 aromatic rings. The van der Waals surface area contributed by atoms with Gasteiger partial charge >= 0.3 is 0 Å². The second kappa shape index (κ2) is 10.7. The van der Waals surface area contributed by atoms with Crippen LogP contribution in [0.4, 0.5) is 5.69 Å². The molecule has 0 spiro atoms. The molecule has 0 N–H and O–H groups in total. The van der Waals surface area contributed by atoms with Crippen LogP contribution in [0.1, 0.15) is 31.9 Å². The first-order chi connectivity index (χ1) is 15.5. The van der Waals surface area contributed by atoms with E-state index in [0.29, 0.717) is 12.2 Å². The lowest BCUT2D eigenvalue weighted by atomic mass is 10.1.